The van der Waals surface area contributed by atoms with Crippen LogP contribution in [0.4, 0.5) is 0 Å². The standard InChI is InChI=1S/C87H152O17P2/c1-5-9-13-17-21-25-29-33-37-39-40-42-45-48-52-56-60-64-68-72-85(90)98-78-83(104-87(92)74-70-66-62-58-54-50-46-41-38-34-30-26-22-18-14-10-6-2)80-102-106(95,96)100-76-81(88)75-99-105(93,94)101-79-82(103-86(91)73-69-65-61-57-53-49-44-36-32-28-24-20-16-12-8-4)77-97-84(89)71-67-63-59-55-51-47-43-35-31-27-23-19-15-11-7-3/h9-10,13-14,21-22,25-26,33-35,37-38,40,42-43,46,50,81-83,88H,5-8,11-12,15-20,23-24,27-32,36,39,41,44-45,47-49,51-80H2,1-4H3,(H,93,94)(H,95,96)/b13-9-,14-10-,25-21-,26-22-,37-33-,38-34-,42-40-,43-35-,50-46-. The lowest BCUT2D eigenvalue weighted by molar-refractivity contribution is -0.161. The lowest BCUT2D eigenvalue weighted by Gasteiger charge is -2.21. The van der Waals surface area contributed by atoms with Gasteiger partial charge in [0.15, 0.2) is 12.2 Å². The highest BCUT2D eigenvalue weighted by Crippen LogP contribution is 2.45. The van der Waals surface area contributed by atoms with Crippen LogP contribution in [-0.2, 0) is 65.4 Å². The van der Waals surface area contributed by atoms with Crippen molar-refractivity contribution in [3.63, 3.8) is 0 Å². The van der Waals surface area contributed by atoms with Crippen LogP contribution in [0.25, 0.3) is 0 Å². The van der Waals surface area contributed by atoms with Crippen molar-refractivity contribution in [3.8, 4) is 0 Å². The molecule has 0 aromatic rings. The van der Waals surface area contributed by atoms with Gasteiger partial charge < -0.3 is 33.8 Å². The Bertz CT molecular complexity index is 2430. The molecule has 0 bridgehead atoms. The zero-order valence-corrected chi connectivity index (χ0v) is 68.9. The van der Waals surface area contributed by atoms with Crippen molar-refractivity contribution in [3.05, 3.63) is 109 Å². The molecule has 3 N–H and O–H groups in total. The van der Waals surface area contributed by atoms with E-state index in [-0.39, 0.29) is 25.7 Å². The first kappa shape index (κ1) is 102. The van der Waals surface area contributed by atoms with E-state index in [2.05, 4.69) is 137 Å². The SMILES string of the molecule is CC/C=C\C/C=C\C/C=C\C/C=C\CCCCCCCCC(=O)OCC(COP(=O)(O)OCC(O)COP(=O)(O)OCC(COC(=O)CCCCCCC/C=C\CCCCCCCC)OC(=O)CCCCCCCCCCCCCCCCC)OC(=O)CCCCCC/C=C\C/C=C\C/C=C\C/C=C\CC. The highest BCUT2D eigenvalue weighted by atomic mass is 31.2. The quantitative estimate of drug-likeness (QED) is 0.0169. The maximum absolute atomic E-state index is 13.1. The number of hydrogen-bond acceptors (Lipinski definition) is 15. The van der Waals surface area contributed by atoms with Crippen LogP contribution in [0.15, 0.2) is 109 Å². The van der Waals surface area contributed by atoms with E-state index in [1.807, 2.05) is 0 Å². The summed E-state index contributed by atoms with van der Waals surface area (Å²) in [5, 5.41) is 10.7. The van der Waals surface area contributed by atoms with Crippen molar-refractivity contribution < 1.29 is 80.2 Å². The van der Waals surface area contributed by atoms with Crippen molar-refractivity contribution in [2.75, 3.05) is 39.6 Å². The summed E-state index contributed by atoms with van der Waals surface area (Å²) in [7, 11) is -9.97. The number of aliphatic hydroxyl groups is 1. The van der Waals surface area contributed by atoms with Crippen molar-refractivity contribution in [1.82, 2.24) is 0 Å². The molecule has 0 spiro atoms. The molecule has 0 aliphatic heterocycles. The second kappa shape index (κ2) is 78.8. The van der Waals surface area contributed by atoms with Gasteiger partial charge in [-0.15, -0.1) is 0 Å². The Balaban J connectivity index is 5.39. The number of hydrogen-bond donors (Lipinski definition) is 3. The molecule has 5 atom stereocenters. The predicted octanol–water partition coefficient (Wildman–Crippen LogP) is 24.9. The van der Waals surface area contributed by atoms with E-state index >= 15 is 0 Å². The molecule has 17 nitrogen and oxygen atoms in total. The van der Waals surface area contributed by atoms with Gasteiger partial charge in [0.1, 0.15) is 19.3 Å². The van der Waals surface area contributed by atoms with E-state index in [9.17, 15) is 43.2 Å². The van der Waals surface area contributed by atoms with Crippen LogP contribution in [0.5, 0.6) is 0 Å². The molecule has 106 heavy (non-hydrogen) atoms. The van der Waals surface area contributed by atoms with E-state index in [4.69, 9.17) is 37.0 Å². The molecule has 0 aromatic heterocycles. The fraction of sp³-hybridized carbons (Fsp3) is 0.747. The monoisotopic (exact) mass is 1530 g/mol. The van der Waals surface area contributed by atoms with Crippen molar-refractivity contribution in [2.24, 2.45) is 0 Å². The predicted molar refractivity (Wildman–Crippen MR) is 436 cm³/mol. The van der Waals surface area contributed by atoms with Gasteiger partial charge in [0.2, 0.25) is 0 Å². The molecule has 612 valence electrons. The summed E-state index contributed by atoms with van der Waals surface area (Å²) in [6.45, 7) is 4.66. The van der Waals surface area contributed by atoms with E-state index in [1.54, 1.807) is 0 Å². The van der Waals surface area contributed by atoms with Crippen LogP contribution in [-0.4, -0.2) is 96.7 Å². The molecular weight excluding hydrogens is 1380 g/mol. The third kappa shape index (κ3) is 77.9. The zero-order valence-electron chi connectivity index (χ0n) is 67.1. The van der Waals surface area contributed by atoms with Gasteiger partial charge in [0, 0.05) is 25.7 Å². The van der Waals surface area contributed by atoms with E-state index in [0.29, 0.717) is 25.7 Å². The van der Waals surface area contributed by atoms with Crippen LogP contribution in [0, 0.1) is 0 Å². The molecule has 0 aromatic carbocycles. The Hall–Kier alpha value is -4.28. The zero-order chi connectivity index (χ0) is 77.4. The molecule has 0 aliphatic rings. The van der Waals surface area contributed by atoms with Gasteiger partial charge in [-0.25, -0.2) is 9.13 Å². The number of esters is 4. The minimum atomic E-state index is -4.99. The van der Waals surface area contributed by atoms with Crippen molar-refractivity contribution >= 4 is 39.5 Å². The van der Waals surface area contributed by atoms with Gasteiger partial charge in [-0.2, -0.15) is 0 Å². The highest BCUT2D eigenvalue weighted by Gasteiger charge is 2.30. The van der Waals surface area contributed by atoms with Crippen LogP contribution in [0.2, 0.25) is 0 Å². The van der Waals surface area contributed by atoms with Gasteiger partial charge >= 0.3 is 39.5 Å². The molecule has 0 fully saturated rings. The van der Waals surface area contributed by atoms with Gasteiger partial charge in [-0.1, -0.05) is 317 Å². The molecular formula is C87H152O17P2. The summed E-state index contributed by atoms with van der Waals surface area (Å²) in [6, 6.07) is 0. The third-order valence-electron chi connectivity index (χ3n) is 17.7. The summed E-state index contributed by atoms with van der Waals surface area (Å²) >= 11 is 0. The van der Waals surface area contributed by atoms with Gasteiger partial charge in [-0.3, -0.25) is 37.3 Å². The van der Waals surface area contributed by atoms with Crippen LogP contribution in [0.3, 0.4) is 0 Å². The van der Waals surface area contributed by atoms with Crippen molar-refractivity contribution in [2.45, 2.75) is 380 Å². The number of phosphoric acid groups is 2. The minimum Gasteiger partial charge on any atom is -0.462 e. The summed E-state index contributed by atoms with van der Waals surface area (Å²) < 4.78 is 68.8. The Morgan fingerprint density at radius 1 is 0.274 bits per heavy atom. The first-order chi connectivity index (χ1) is 51.7. The molecule has 0 radical (unpaired) electrons. The third-order valence-corrected chi connectivity index (χ3v) is 19.6. The summed E-state index contributed by atoms with van der Waals surface area (Å²) in [4.78, 5) is 73.2. The van der Waals surface area contributed by atoms with Gasteiger partial charge in [0.25, 0.3) is 0 Å². The number of aliphatic hydroxyl groups excluding tert-OH is 1. The maximum atomic E-state index is 13.1. The Kier molecular flexibility index (Phi) is 75.6. The molecule has 0 saturated carbocycles. The van der Waals surface area contributed by atoms with Crippen molar-refractivity contribution in [1.29, 1.82) is 0 Å². The number of unbranched alkanes of at least 4 members (excludes halogenated alkanes) is 35. The molecule has 5 unspecified atom stereocenters. The first-order valence-electron chi connectivity index (χ1n) is 42.1. The van der Waals surface area contributed by atoms with Gasteiger partial charge in [0.05, 0.1) is 26.4 Å². The smallest absolute Gasteiger partial charge is 0.462 e. The molecule has 0 heterocycles. The normalized spacial score (nSPS) is 14.4. The number of rotatable bonds is 79. The Morgan fingerprint density at radius 3 is 0.764 bits per heavy atom. The fourth-order valence-corrected chi connectivity index (χ4v) is 13.0. The van der Waals surface area contributed by atoms with Crippen LogP contribution < -0.4 is 0 Å². The minimum absolute atomic E-state index is 0.0624. The number of ether oxygens (including phenoxy) is 4. The lowest BCUT2D eigenvalue weighted by atomic mass is 10.0. The van der Waals surface area contributed by atoms with E-state index in [1.165, 1.54) is 103 Å². The topological polar surface area (TPSA) is 237 Å². The number of phosphoric ester groups is 2. The Morgan fingerprint density at radius 2 is 0.491 bits per heavy atom. The average Bonchev–Trinajstić information content (AvgIpc) is 0.902. The number of allylic oxidation sites excluding steroid dienone is 18. The molecule has 0 amide bonds. The van der Waals surface area contributed by atoms with E-state index in [0.717, 1.165) is 180 Å². The van der Waals surface area contributed by atoms with Gasteiger partial charge in [-0.05, 0) is 128 Å². The molecule has 0 rings (SSSR count). The second-order valence-electron chi connectivity index (χ2n) is 28.0. The molecule has 19 heteroatoms. The summed E-state index contributed by atoms with van der Waals surface area (Å²) in [6.07, 6.45) is 86.2. The maximum Gasteiger partial charge on any atom is 0.472 e. The second-order valence-corrected chi connectivity index (χ2v) is 30.9. The van der Waals surface area contributed by atoms with Crippen LogP contribution >= 0.6 is 15.6 Å². The average molecular weight is 1530 g/mol. The van der Waals surface area contributed by atoms with E-state index < -0.39 is 97.5 Å². The summed E-state index contributed by atoms with van der Waals surface area (Å²) in [5.41, 5.74) is 0. The fourth-order valence-electron chi connectivity index (χ4n) is 11.4. The number of carbonyl (C=O) groups excluding carboxylic acids is 4. The Labute approximate surface area is 645 Å². The molecule has 0 aliphatic carbocycles. The summed E-state index contributed by atoms with van der Waals surface area (Å²) in [5.74, 6) is -2.20. The number of carbonyl (C=O) groups is 4. The first-order valence-corrected chi connectivity index (χ1v) is 45.1. The molecule has 0 saturated heterocycles. The highest BCUT2D eigenvalue weighted by molar-refractivity contribution is 7.47. The van der Waals surface area contributed by atoms with Crippen LogP contribution in [0.1, 0.15) is 362 Å². The lowest BCUT2D eigenvalue weighted by Crippen LogP contribution is -2.30. The largest absolute Gasteiger partial charge is 0.472 e.